The summed E-state index contributed by atoms with van der Waals surface area (Å²) in [6.45, 7) is 11.2. The molecule has 0 radical (unpaired) electrons. The number of nitrogens with zero attached hydrogens (tertiary/aromatic N) is 1. The van der Waals surface area contributed by atoms with E-state index in [2.05, 4.69) is 105 Å². The fraction of sp³-hybridized carbons (Fsp3) is 0.276. The molecule has 0 bridgehead atoms. The van der Waals surface area contributed by atoms with Crippen LogP contribution >= 0.6 is 0 Å². The second-order valence-corrected chi connectivity index (χ2v) is 8.97. The van der Waals surface area contributed by atoms with Crippen molar-refractivity contribution in [1.29, 1.82) is 0 Å². The lowest BCUT2D eigenvalue weighted by atomic mass is 9.87. The van der Waals surface area contributed by atoms with Gasteiger partial charge in [0.25, 0.3) is 0 Å². The molecule has 0 N–H and O–H groups in total. The number of hydrogen-bond donors (Lipinski definition) is 0. The maximum Gasteiger partial charge on any atom is 0.0511 e. The van der Waals surface area contributed by atoms with Gasteiger partial charge in [-0.15, -0.1) is 0 Å². The first-order valence-corrected chi connectivity index (χ1v) is 11.0. The quantitative estimate of drug-likeness (QED) is 0.457. The molecule has 2 aromatic carbocycles. The molecular weight excluding hydrogens is 362 g/mol. The lowest BCUT2D eigenvalue weighted by Gasteiger charge is -2.18. The van der Waals surface area contributed by atoms with Gasteiger partial charge in [-0.3, -0.25) is 4.99 Å². The fourth-order valence-corrected chi connectivity index (χ4v) is 4.29. The summed E-state index contributed by atoms with van der Waals surface area (Å²) >= 11 is 0. The van der Waals surface area contributed by atoms with Gasteiger partial charge in [0, 0.05) is 12.1 Å². The minimum Gasteiger partial charge on any atom is -0.261 e. The molecular formula is C29H31N. The summed E-state index contributed by atoms with van der Waals surface area (Å²) in [6, 6.07) is 18.0. The van der Waals surface area contributed by atoms with Crippen molar-refractivity contribution in [2.24, 2.45) is 16.8 Å². The van der Waals surface area contributed by atoms with Crippen LogP contribution in [0.25, 0.3) is 11.1 Å². The van der Waals surface area contributed by atoms with Gasteiger partial charge in [-0.25, -0.2) is 0 Å². The van der Waals surface area contributed by atoms with Gasteiger partial charge < -0.3 is 0 Å². The second kappa shape index (κ2) is 8.83. The van der Waals surface area contributed by atoms with E-state index in [9.17, 15) is 0 Å². The van der Waals surface area contributed by atoms with Crippen LogP contribution < -0.4 is 0 Å². The number of allylic oxidation sites excluding steroid dienone is 6. The SMILES string of the molecule is C=C(C[C@H](C)Cc1ccc(-c2cccc(C(C)C)c2)cc1)C1=CC2C=CN=C2C=C1. The Morgan fingerprint density at radius 3 is 2.57 bits per heavy atom. The largest absolute Gasteiger partial charge is 0.261 e. The zero-order chi connectivity index (χ0) is 21.1. The average Bonchev–Trinajstić information content (AvgIpc) is 3.22. The minimum atomic E-state index is 0.332. The van der Waals surface area contributed by atoms with Gasteiger partial charge in [0.1, 0.15) is 0 Å². The summed E-state index contributed by atoms with van der Waals surface area (Å²) in [7, 11) is 0. The number of benzene rings is 2. The highest BCUT2D eigenvalue weighted by molar-refractivity contribution is 6.02. The molecule has 0 saturated carbocycles. The molecule has 0 amide bonds. The normalized spacial score (nSPS) is 18.2. The topological polar surface area (TPSA) is 12.4 Å². The van der Waals surface area contributed by atoms with E-state index in [4.69, 9.17) is 0 Å². The first-order chi connectivity index (χ1) is 14.5. The maximum atomic E-state index is 4.39. The van der Waals surface area contributed by atoms with Crippen molar-refractivity contribution in [3.8, 4) is 11.1 Å². The van der Waals surface area contributed by atoms with E-state index in [1.807, 2.05) is 6.20 Å². The van der Waals surface area contributed by atoms with E-state index in [0.717, 1.165) is 18.6 Å². The molecule has 1 heterocycles. The molecule has 1 nitrogen and oxygen atoms in total. The first-order valence-electron chi connectivity index (χ1n) is 11.0. The molecule has 0 spiro atoms. The third-order valence-electron chi connectivity index (χ3n) is 6.08. The smallest absolute Gasteiger partial charge is 0.0511 e. The molecule has 1 aliphatic heterocycles. The van der Waals surface area contributed by atoms with Gasteiger partial charge in [0.2, 0.25) is 0 Å². The Hall–Kier alpha value is -2.93. The predicted molar refractivity (Wildman–Crippen MR) is 130 cm³/mol. The van der Waals surface area contributed by atoms with Crippen molar-refractivity contribution < 1.29 is 0 Å². The molecule has 0 aromatic heterocycles. The molecule has 1 unspecified atom stereocenters. The van der Waals surface area contributed by atoms with E-state index >= 15 is 0 Å². The van der Waals surface area contributed by atoms with Crippen LogP contribution in [0, 0.1) is 11.8 Å². The Balaban J connectivity index is 1.37. The van der Waals surface area contributed by atoms with Crippen molar-refractivity contribution in [2.75, 3.05) is 0 Å². The lowest BCUT2D eigenvalue weighted by Crippen LogP contribution is -2.10. The molecule has 1 aliphatic carbocycles. The fourth-order valence-electron chi connectivity index (χ4n) is 4.29. The van der Waals surface area contributed by atoms with Crippen molar-refractivity contribution in [1.82, 2.24) is 0 Å². The molecule has 4 rings (SSSR count). The molecule has 2 aromatic rings. The summed E-state index contributed by atoms with van der Waals surface area (Å²) in [5.41, 5.74) is 8.99. The summed E-state index contributed by atoms with van der Waals surface area (Å²) in [5, 5.41) is 0. The minimum absolute atomic E-state index is 0.332. The Morgan fingerprint density at radius 2 is 1.80 bits per heavy atom. The van der Waals surface area contributed by atoms with Crippen LogP contribution in [-0.4, -0.2) is 5.71 Å². The highest BCUT2D eigenvalue weighted by Crippen LogP contribution is 2.29. The standard InChI is InChI=1S/C29H31N/c1-20(2)25-6-5-7-27(18-25)24-10-8-23(9-11-24)17-21(3)16-22(4)26-12-13-29-28(19-26)14-15-30-29/h5-15,18-21,28H,4,16-17H2,1-3H3/t21-,28?/m0/s1. The molecule has 0 saturated heterocycles. The molecule has 152 valence electrons. The molecule has 0 fully saturated rings. The third-order valence-corrected chi connectivity index (χ3v) is 6.08. The van der Waals surface area contributed by atoms with E-state index in [-0.39, 0.29) is 0 Å². The Kier molecular flexibility index (Phi) is 5.99. The Morgan fingerprint density at radius 1 is 1.00 bits per heavy atom. The number of aliphatic imine (C=N–C) groups is 1. The summed E-state index contributed by atoms with van der Waals surface area (Å²) < 4.78 is 0. The molecule has 2 aliphatic rings. The Bertz CT molecular complexity index is 1040. The highest BCUT2D eigenvalue weighted by Gasteiger charge is 2.18. The highest BCUT2D eigenvalue weighted by atomic mass is 14.7. The zero-order valence-corrected chi connectivity index (χ0v) is 18.3. The van der Waals surface area contributed by atoms with Crippen molar-refractivity contribution in [3.05, 3.63) is 108 Å². The van der Waals surface area contributed by atoms with E-state index < -0.39 is 0 Å². The van der Waals surface area contributed by atoms with Gasteiger partial charge in [0.15, 0.2) is 0 Å². The van der Waals surface area contributed by atoms with Gasteiger partial charge in [-0.05, 0) is 64.2 Å². The summed E-state index contributed by atoms with van der Waals surface area (Å²) in [6.07, 6.45) is 12.7. The van der Waals surface area contributed by atoms with Gasteiger partial charge in [0.05, 0.1) is 5.71 Å². The zero-order valence-electron chi connectivity index (χ0n) is 18.3. The summed E-state index contributed by atoms with van der Waals surface area (Å²) in [5.74, 6) is 1.44. The lowest BCUT2D eigenvalue weighted by molar-refractivity contribution is 0.578. The Labute approximate surface area is 181 Å². The van der Waals surface area contributed by atoms with Crippen LogP contribution in [0.4, 0.5) is 0 Å². The number of rotatable bonds is 7. The predicted octanol–water partition coefficient (Wildman–Crippen LogP) is 7.68. The van der Waals surface area contributed by atoms with Crippen LogP contribution in [0.5, 0.6) is 0 Å². The molecule has 2 atom stereocenters. The second-order valence-electron chi connectivity index (χ2n) is 8.97. The monoisotopic (exact) mass is 393 g/mol. The maximum absolute atomic E-state index is 4.39. The first kappa shape index (κ1) is 20.3. The van der Waals surface area contributed by atoms with Crippen LogP contribution in [0.15, 0.2) is 102 Å². The van der Waals surface area contributed by atoms with Crippen molar-refractivity contribution in [3.63, 3.8) is 0 Å². The third kappa shape index (κ3) is 4.62. The van der Waals surface area contributed by atoms with E-state index in [0.29, 0.717) is 17.8 Å². The van der Waals surface area contributed by atoms with Gasteiger partial charge in [-0.2, -0.15) is 0 Å². The van der Waals surface area contributed by atoms with Crippen LogP contribution in [0.2, 0.25) is 0 Å². The summed E-state index contributed by atoms with van der Waals surface area (Å²) in [4.78, 5) is 4.39. The van der Waals surface area contributed by atoms with Crippen molar-refractivity contribution >= 4 is 5.71 Å². The number of fused-ring (bicyclic) bond motifs is 1. The van der Waals surface area contributed by atoms with Crippen LogP contribution in [-0.2, 0) is 6.42 Å². The van der Waals surface area contributed by atoms with Gasteiger partial charge >= 0.3 is 0 Å². The van der Waals surface area contributed by atoms with Gasteiger partial charge in [-0.1, -0.05) is 94.1 Å². The van der Waals surface area contributed by atoms with E-state index in [1.54, 1.807) is 0 Å². The van der Waals surface area contributed by atoms with Crippen LogP contribution in [0.3, 0.4) is 0 Å². The molecule has 1 heteroatoms. The number of hydrogen-bond acceptors (Lipinski definition) is 1. The van der Waals surface area contributed by atoms with Crippen LogP contribution in [0.1, 0.15) is 44.2 Å². The van der Waals surface area contributed by atoms with Crippen molar-refractivity contribution in [2.45, 2.75) is 39.5 Å². The average molecular weight is 394 g/mol. The molecule has 30 heavy (non-hydrogen) atoms. The van der Waals surface area contributed by atoms with E-state index in [1.165, 1.54) is 33.4 Å².